The van der Waals surface area contributed by atoms with Gasteiger partial charge in [-0.05, 0) is 19.4 Å². The Labute approximate surface area is 107 Å². The van der Waals surface area contributed by atoms with Crippen LogP contribution in [0.25, 0.3) is 0 Å². The van der Waals surface area contributed by atoms with Crippen LogP contribution < -0.4 is 0 Å². The lowest BCUT2D eigenvalue weighted by molar-refractivity contribution is -0.505. The Balaban J connectivity index is 1.79. The predicted octanol–water partition coefficient (Wildman–Crippen LogP) is 2.78. The summed E-state index contributed by atoms with van der Waals surface area (Å²) < 4.78 is 18.2. The van der Waals surface area contributed by atoms with Crippen LogP contribution in [0.15, 0.2) is 18.2 Å². The highest BCUT2D eigenvalue weighted by Crippen LogP contribution is 2.50. The van der Waals surface area contributed by atoms with Crippen molar-refractivity contribution in [3.05, 3.63) is 34.9 Å². The molecule has 1 saturated carbocycles. The van der Waals surface area contributed by atoms with Crippen LogP contribution in [0.2, 0.25) is 0 Å². The van der Waals surface area contributed by atoms with Crippen molar-refractivity contribution in [3.63, 3.8) is 0 Å². The van der Waals surface area contributed by atoms with Gasteiger partial charge < -0.3 is 14.2 Å². The molecule has 3 heteroatoms. The lowest BCUT2D eigenvalue weighted by atomic mass is 9.88. The number of aryl methyl sites for hydroxylation is 2. The first-order valence-electron chi connectivity index (χ1n) is 6.76. The molecule has 3 saturated heterocycles. The standard InChI is InChI=1S/C15H18O3/c1-9-3-4-14(10(2)5-9)15-16-11-6-12(17-15)8-13(7-11)18-15/h3-5,11-13H,6-8H2,1-2H3. The van der Waals surface area contributed by atoms with Gasteiger partial charge in [0.05, 0.1) is 18.3 Å². The Morgan fingerprint density at radius 2 is 1.50 bits per heavy atom. The Bertz CT molecular complexity index is 459. The summed E-state index contributed by atoms with van der Waals surface area (Å²) in [4.78, 5) is 0. The minimum Gasteiger partial charge on any atom is -0.320 e. The largest absolute Gasteiger partial charge is 0.320 e. The summed E-state index contributed by atoms with van der Waals surface area (Å²) in [5, 5.41) is 0. The molecule has 0 spiro atoms. The summed E-state index contributed by atoms with van der Waals surface area (Å²) in [5.74, 6) is -0.924. The SMILES string of the molecule is Cc1ccc(C23OC4CC(CC(C4)O2)O3)c(C)c1. The lowest BCUT2D eigenvalue weighted by Gasteiger charge is -2.55. The van der Waals surface area contributed by atoms with Gasteiger partial charge in [0.2, 0.25) is 0 Å². The number of hydrogen-bond donors (Lipinski definition) is 0. The van der Waals surface area contributed by atoms with E-state index in [0.29, 0.717) is 18.3 Å². The zero-order valence-electron chi connectivity index (χ0n) is 10.8. The average Bonchev–Trinajstić information content (AvgIpc) is 2.26. The minimum absolute atomic E-state index is 0.303. The van der Waals surface area contributed by atoms with E-state index in [4.69, 9.17) is 14.2 Å². The number of benzene rings is 1. The molecule has 5 rings (SSSR count). The number of hydrogen-bond acceptors (Lipinski definition) is 3. The number of rotatable bonds is 1. The van der Waals surface area contributed by atoms with Crippen LogP contribution >= 0.6 is 0 Å². The highest BCUT2D eigenvalue weighted by atomic mass is 16.9. The average molecular weight is 246 g/mol. The summed E-state index contributed by atoms with van der Waals surface area (Å²) in [6.07, 6.45) is 3.97. The van der Waals surface area contributed by atoms with Crippen LogP contribution in [-0.4, -0.2) is 18.3 Å². The second kappa shape index (κ2) is 3.56. The van der Waals surface area contributed by atoms with Crippen LogP contribution in [0.4, 0.5) is 0 Å². The smallest absolute Gasteiger partial charge is 0.313 e. The van der Waals surface area contributed by atoms with Gasteiger partial charge in [0.25, 0.3) is 0 Å². The molecule has 4 fully saturated rings. The third-order valence-electron chi connectivity index (χ3n) is 4.25. The van der Waals surface area contributed by atoms with Crippen molar-refractivity contribution < 1.29 is 14.2 Å². The van der Waals surface area contributed by atoms with Gasteiger partial charge in [-0.15, -0.1) is 0 Å². The van der Waals surface area contributed by atoms with Gasteiger partial charge in [-0.1, -0.05) is 23.8 Å². The van der Waals surface area contributed by atoms with E-state index in [1.165, 1.54) is 11.1 Å². The molecule has 3 aliphatic heterocycles. The molecular formula is C15H18O3. The maximum Gasteiger partial charge on any atom is 0.313 e. The molecule has 0 radical (unpaired) electrons. The zero-order valence-corrected chi connectivity index (χ0v) is 10.8. The van der Waals surface area contributed by atoms with Crippen molar-refractivity contribution in [1.82, 2.24) is 0 Å². The zero-order chi connectivity index (χ0) is 12.3. The first kappa shape index (κ1) is 11.0. The van der Waals surface area contributed by atoms with Crippen LogP contribution in [0.1, 0.15) is 36.0 Å². The highest BCUT2D eigenvalue weighted by Gasteiger charge is 2.56. The molecule has 1 aliphatic carbocycles. The highest BCUT2D eigenvalue weighted by molar-refractivity contribution is 5.33. The third kappa shape index (κ3) is 1.48. The van der Waals surface area contributed by atoms with Gasteiger partial charge in [-0.3, -0.25) is 0 Å². The van der Waals surface area contributed by atoms with E-state index in [2.05, 4.69) is 32.0 Å². The molecule has 3 heterocycles. The Morgan fingerprint density at radius 3 is 2.00 bits per heavy atom. The van der Waals surface area contributed by atoms with Crippen LogP contribution in [0, 0.1) is 13.8 Å². The Kier molecular flexibility index (Phi) is 2.17. The fourth-order valence-corrected chi connectivity index (χ4v) is 3.55. The fraction of sp³-hybridized carbons (Fsp3) is 0.600. The maximum atomic E-state index is 6.07. The van der Waals surface area contributed by atoms with Gasteiger partial charge in [-0.25, -0.2) is 0 Å². The predicted molar refractivity (Wildman–Crippen MR) is 66.1 cm³/mol. The van der Waals surface area contributed by atoms with Gasteiger partial charge >= 0.3 is 5.97 Å². The Hall–Kier alpha value is -0.900. The van der Waals surface area contributed by atoms with Gasteiger partial charge in [-0.2, -0.15) is 0 Å². The summed E-state index contributed by atoms with van der Waals surface area (Å²) >= 11 is 0. The van der Waals surface area contributed by atoms with E-state index in [1.54, 1.807) is 0 Å². The molecule has 0 amide bonds. The monoisotopic (exact) mass is 246 g/mol. The topological polar surface area (TPSA) is 27.7 Å². The summed E-state index contributed by atoms with van der Waals surface area (Å²) in [6, 6.07) is 6.33. The molecule has 0 aromatic heterocycles. The molecule has 4 bridgehead atoms. The molecule has 1 aromatic carbocycles. The second-order valence-electron chi connectivity index (χ2n) is 5.80. The van der Waals surface area contributed by atoms with Gasteiger partial charge in [0.15, 0.2) is 0 Å². The first-order chi connectivity index (χ1) is 8.64. The van der Waals surface area contributed by atoms with Crippen molar-refractivity contribution in [3.8, 4) is 0 Å². The van der Waals surface area contributed by atoms with E-state index in [9.17, 15) is 0 Å². The minimum atomic E-state index is -0.924. The van der Waals surface area contributed by atoms with Crippen molar-refractivity contribution >= 4 is 0 Å². The summed E-state index contributed by atoms with van der Waals surface area (Å²) in [7, 11) is 0. The molecular weight excluding hydrogens is 228 g/mol. The third-order valence-corrected chi connectivity index (χ3v) is 4.25. The molecule has 0 atom stereocenters. The summed E-state index contributed by atoms with van der Waals surface area (Å²) in [6.45, 7) is 4.19. The van der Waals surface area contributed by atoms with Crippen molar-refractivity contribution in [2.24, 2.45) is 0 Å². The van der Waals surface area contributed by atoms with E-state index in [0.717, 1.165) is 24.8 Å². The fourth-order valence-electron chi connectivity index (χ4n) is 3.55. The molecule has 18 heavy (non-hydrogen) atoms. The maximum absolute atomic E-state index is 6.07. The van der Waals surface area contributed by atoms with Crippen LogP contribution in [0.3, 0.4) is 0 Å². The van der Waals surface area contributed by atoms with Gasteiger partial charge in [0, 0.05) is 24.8 Å². The van der Waals surface area contributed by atoms with Crippen molar-refractivity contribution in [1.29, 1.82) is 0 Å². The summed E-state index contributed by atoms with van der Waals surface area (Å²) in [5.41, 5.74) is 3.46. The molecule has 0 unspecified atom stereocenters. The van der Waals surface area contributed by atoms with Crippen molar-refractivity contribution in [2.75, 3.05) is 0 Å². The normalized spacial score (nSPS) is 41.3. The van der Waals surface area contributed by atoms with E-state index in [1.807, 2.05) is 0 Å². The molecule has 96 valence electrons. The van der Waals surface area contributed by atoms with E-state index in [-0.39, 0.29) is 0 Å². The van der Waals surface area contributed by atoms with Crippen LogP contribution in [0.5, 0.6) is 0 Å². The second-order valence-corrected chi connectivity index (χ2v) is 5.80. The van der Waals surface area contributed by atoms with Gasteiger partial charge in [0.1, 0.15) is 0 Å². The van der Waals surface area contributed by atoms with Crippen LogP contribution in [-0.2, 0) is 20.2 Å². The Morgan fingerprint density at radius 1 is 0.944 bits per heavy atom. The van der Waals surface area contributed by atoms with E-state index < -0.39 is 5.97 Å². The first-order valence-corrected chi connectivity index (χ1v) is 6.76. The molecule has 4 aliphatic rings. The number of ether oxygens (including phenoxy) is 3. The molecule has 3 nitrogen and oxygen atoms in total. The molecule has 0 N–H and O–H groups in total. The molecule has 1 aromatic rings. The van der Waals surface area contributed by atoms with Crippen molar-refractivity contribution in [2.45, 2.75) is 57.4 Å². The lowest BCUT2D eigenvalue weighted by Crippen LogP contribution is -2.60. The quantitative estimate of drug-likeness (QED) is 0.762. The van der Waals surface area contributed by atoms with E-state index >= 15 is 0 Å².